The molecule has 2 unspecified atom stereocenters. The van der Waals surface area contributed by atoms with Crippen molar-refractivity contribution in [2.75, 3.05) is 0 Å². The molecule has 2 atom stereocenters. The van der Waals surface area contributed by atoms with E-state index in [2.05, 4.69) is 6.92 Å². The lowest BCUT2D eigenvalue weighted by atomic mass is 9.78. The van der Waals surface area contributed by atoms with Gasteiger partial charge in [-0.3, -0.25) is 4.79 Å². The van der Waals surface area contributed by atoms with E-state index in [-0.39, 0.29) is 11.2 Å². The van der Waals surface area contributed by atoms with E-state index in [9.17, 15) is 4.79 Å². The van der Waals surface area contributed by atoms with Crippen molar-refractivity contribution in [3.8, 4) is 0 Å². The second kappa shape index (κ2) is 4.10. The highest BCUT2D eigenvalue weighted by Gasteiger charge is 2.36. The zero-order valence-corrected chi connectivity index (χ0v) is 8.55. The van der Waals surface area contributed by atoms with E-state index in [0.717, 1.165) is 0 Å². The normalized spacial score (nSPS) is 32.1. The summed E-state index contributed by atoms with van der Waals surface area (Å²) in [7, 11) is 0. The van der Waals surface area contributed by atoms with E-state index in [0.29, 0.717) is 12.8 Å². The first-order chi connectivity index (χ1) is 6.11. The number of carbonyl (C=O) groups excluding carboxylic acids is 1. The van der Waals surface area contributed by atoms with Crippen molar-refractivity contribution in [3.05, 3.63) is 31.2 Å². The Hall–Kier alpha value is -0.560. The maximum atomic E-state index is 11.7. The van der Waals surface area contributed by atoms with Gasteiger partial charge in [-0.15, -0.1) is 11.6 Å². The largest absolute Gasteiger partial charge is 0.299 e. The van der Waals surface area contributed by atoms with Crippen molar-refractivity contribution in [2.45, 2.75) is 25.1 Å². The molecule has 0 saturated carbocycles. The Morgan fingerprint density at radius 1 is 1.62 bits per heavy atom. The van der Waals surface area contributed by atoms with Crippen molar-refractivity contribution < 1.29 is 4.79 Å². The summed E-state index contributed by atoms with van der Waals surface area (Å²) in [5, 5.41) is -0.225. The van der Waals surface area contributed by atoms with Crippen LogP contribution < -0.4 is 0 Å². The zero-order chi connectivity index (χ0) is 9.90. The second-order valence-electron chi connectivity index (χ2n) is 3.46. The predicted octanol–water partition coefficient (Wildman–Crippen LogP) is 2.91. The molecule has 0 aromatic rings. The van der Waals surface area contributed by atoms with Gasteiger partial charge < -0.3 is 0 Å². The van der Waals surface area contributed by atoms with Crippen LogP contribution in [0.25, 0.3) is 0 Å². The first-order valence-corrected chi connectivity index (χ1v) is 4.87. The van der Waals surface area contributed by atoms with Crippen LogP contribution >= 0.6 is 11.6 Å². The Morgan fingerprint density at radius 3 is 2.85 bits per heavy atom. The van der Waals surface area contributed by atoms with Gasteiger partial charge in [0.2, 0.25) is 0 Å². The van der Waals surface area contributed by atoms with Gasteiger partial charge in [-0.1, -0.05) is 31.2 Å². The van der Waals surface area contributed by atoms with Gasteiger partial charge >= 0.3 is 0 Å². The lowest BCUT2D eigenvalue weighted by molar-refractivity contribution is -0.125. The van der Waals surface area contributed by atoms with Crippen LogP contribution in [0.1, 0.15) is 19.8 Å². The molecule has 2 heteroatoms. The number of allylic oxidation sites excluding steroid dienone is 4. The standard InChI is InChI=1S/C11H14ClO/c1-3-6-10(13)11(2)8-5-4-7-9(11)12/h4-5,7-9H,1,3,6H2,2H3. The van der Waals surface area contributed by atoms with Crippen LogP contribution in [0.5, 0.6) is 0 Å². The smallest absolute Gasteiger partial charge is 0.144 e. The number of hydrogen-bond donors (Lipinski definition) is 0. The van der Waals surface area contributed by atoms with Gasteiger partial charge in [0.05, 0.1) is 10.8 Å². The van der Waals surface area contributed by atoms with Gasteiger partial charge in [-0.25, -0.2) is 0 Å². The van der Waals surface area contributed by atoms with Crippen LogP contribution in [0.2, 0.25) is 0 Å². The summed E-state index contributed by atoms with van der Waals surface area (Å²) in [6, 6.07) is 0. The minimum Gasteiger partial charge on any atom is -0.299 e. The molecule has 1 nitrogen and oxygen atoms in total. The summed E-state index contributed by atoms with van der Waals surface area (Å²) < 4.78 is 0. The Labute approximate surface area is 84.5 Å². The summed E-state index contributed by atoms with van der Waals surface area (Å²) in [6.45, 7) is 5.55. The summed E-state index contributed by atoms with van der Waals surface area (Å²) in [6.07, 6.45) is 8.61. The number of halogens is 1. The van der Waals surface area contributed by atoms with Crippen molar-refractivity contribution in [1.82, 2.24) is 0 Å². The second-order valence-corrected chi connectivity index (χ2v) is 3.93. The van der Waals surface area contributed by atoms with Crippen LogP contribution in [-0.4, -0.2) is 11.2 Å². The molecule has 0 N–H and O–H groups in total. The van der Waals surface area contributed by atoms with E-state index in [4.69, 9.17) is 11.6 Å². The minimum absolute atomic E-state index is 0.170. The Kier molecular flexibility index (Phi) is 3.32. The molecule has 0 aromatic heterocycles. The Bertz CT molecular complexity index is 255. The molecule has 0 aliphatic heterocycles. The first-order valence-electron chi connectivity index (χ1n) is 4.44. The van der Waals surface area contributed by atoms with E-state index in [1.165, 1.54) is 0 Å². The molecule has 1 radical (unpaired) electrons. The number of hydrogen-bond acceptors (Lipinski definition) is 1. The quantitative estimate of drug-likeness (QED) is 0.636. The fourth-order valence-corrected chi connectivity index (χ4v) is 1.66. The van der Waals surface area contributed by atoms with Crippen molar-refractivity contribution >= 4 is 17.4 Å². The summed E-state index contributed by atoms with van der Waals surface area (Å²) in [5.74, 6) is 0.170. The SMILES string of the molecule is [CH2]CCC(=O)C1(C)C=CC=CC1Cl. The van der Waals surface area contributed by atoms with Gasteiger partial charge in [-0.05, 0) is 13.3 Å². The minimum atomic E-state index is -0.534. The molecule has 0 heterocycles. The zero-order valence-electron chi connectivity index (χ0n) is 7.79. The van der Waals surface area contributed by atoms with Crippen LogP contribution in [0.3, 0.4) is 0 Å². The molecule has 0 bridgehead atoms. The molecule has 71 valence electrons. The molecule has 0 fully saturated rings. The van der Waals surface area contributed by atoms with Crippen molar-refractivity contribution in [2.24, 2.45) is 5.41 Å². The molecular weight excluding hydrogens is 184 g/mol. The topological polar surface area (TPSA) is 17.1 Å². The molecule has 13 heavy (non-hydrogen) atoms. The predicted molar refractivity (Wildman–Crippen MR) is 55.6 cm³/mol. The lowest BCUT2D eigenvalue weighted by Crippen LogP contribution is -2.35. The highest BCUT2D eigenvalue weighted by atomic mass is 35.5. The molecule has 0 amide bonds. The van der Waals surface area contributed by atoms with Crippen LogP contribution in [0.4, 0.5) is 0 Å². The van der Waals surface area contributed by atoms with E-state index < -0.39 is 5.41 Å². The number of rotatable bonds is 3. The Morgan fingerprint density at radius 2 is 2.31 bits per heavy atom. The summed E-state index contributed by atoms with van der Waals surface area (Å²) in [4.78, 5) is 11.7. The first kappa shape index (κ1) is 10.5. The highest BCUT2D eigenvalue weighted by molar-refractivity contribution is 6.24. The van der Waals surface area contributed by atoms with Gasteiger partial charge in [0.25, 0.3) is 0 Å². The maximum absolute atomic E-state index is 11.7. The third kappa shape index (κ3) is 2.02. The highest BCUT2D eigenvalue weighted by Crippen LogP contribution is 2.34. The molecule has 0 aromatic carbocycles. The average molecular weight is 198 g/mol. The summed E-state index contributed by atoms with van der Waals surface area (Å²) >= 11 is 6.08. The number of carbonyl (C=O) groups is 1. The molecule has 0 spiro atoms. The van der Waals surface area contributed by atoms with Gasteiger partial charge in [0.1, 0.15) is 5.78 Å². The lowest BCUT2D eigenvalue weighted by Gasteiger charge is -2.29. The fraction of sp³-hybridized carbons (Fsp3) is 0.455. The number of alkyl halides is 1. The van der Waals surface area contributed by atoms with E-state index >= 15 is 0 Å². The molecular formula is C11H14ClO. The third-order valence-electron chi connectivity index (χ3n) is 2.41. The number of ketones is 1. The van der Waals surface area contributed by atoms with Crippen molar-refractivity contribution in [3.63, 3.8) is 0 Å². The summed E-state index contributed by atoms with van der Waals surface area (Å²) in [5.41, 5.74) is -0.534. The average Bonchev–Trinajstić information content (AvgIpc) is 2.11. The Balaban J connectivity index is 2.80. The molecule has 1 aliphatic carbocycles. The van der Waals surface area contributed by atoms with Gasteiger partial charge in [0, 0.05) is 6.42 Å². The van der Waals surface area contributed by atoms with Crippen LogP contribution in [-0.2, 0) is 4.79 Å². The molecule has 1 aliphatic rings. The van der Waals surface area contributed by atoms with E-state index in [1.807, 2.05) is 31.2 Å². The van der Waals surface area contributed by atoms with Gasteiger partial charge in [-0.2, -0.15) is 0 Å². The van der Waals surface area contributed by atoms with Crippen molar-refractivity contribution in [1.29, 1.82) is 0 Å². The van der Waals surface area contributed by atoms with Crippen LogP contribution in [0.15, 0.2) is 24.3 Å². The maximum Gasteiger partial charge on any atom is 0.144 e. The van der Waals surface area contributed by atoms with Crippen LogP contribution in [0, 0.1) is 12.3 Å². The van der Waals surface area contributed by atoms with E-state index in [1.54, 1.807) is 0 Å². The fourth-order valence-electron chi connectivity index (χ4n) is 1.39. The van der Waals surface area contributed by atoms with Gasteiger partial charge in [0.15, 0.2) is 0 Å². The molecule has 1 rings (SSSR count). The number of Topliss-reactive ketones (excluding diaryl/α,β-unsaturated/α-hetero) is 1. The third-order valence-corrected chi connectivity index (χ3v) is 3.01. The monoisotopic (exact) mass is 197 g/mol. The molecule has 0 saturated heterocycles.